The van der Waals surface area contributed by atoms with E-state index in [1.807, 2.05) is 4.90 Å². The van der Waals surface area contributed by atoms with Crippen LogP contribution in [0.5, 0.6) is 0 Å². The normalized spacial score (nSPS) is 19.9. The Labute approximate surface area is 110 Å². The van der Waals surface area contributed by atoms with E-state index in [4.69, 9.17) is 11.6 Å². The molecule has 1 aromatic rings. The van der Waals surface area contributed by atoms with Gasteiger partial charge in [-0.3, -0.25) is 10.1 Å². The molecule has 18 heavy (non-hydrogen) atoms. The first kappa shape index (κ1) is 13.0. The van der Waals surface area contributed by atoms with Crippen molar-refractivity contribution >= 4 is 23.1 Å². The van der Waals surface area contributed by atoms with Gasteiger partial charge in [0.25, 0.3) is 0 Å². The fourth-order valence-electron chi connectivity index (χ4n) is 2.30. The number of nitro groups is 1. The minimum atomic E-state index is -0.457. The van der Waals surface area contributed by atoms with Gasteiger partial charge in [-0.05, 0) is 30.4 Å². The van der Waals surface area contributed by atoms with Gasteiger partial charge >= 0.3 is 5.69 Å². The third-order valence-corrected chi connectivity index (χ3v) is 3.50. The Kier molecular flexibility index (Phi) is 3.96. The summed E-state index contributed by atoms with van der Waals surface area (Å²) in [5.74, 6) is 0.908. The Morgan fingerprint density at radius 2 is 2.44 bits per heavy atom. The topological polar surface area (TPSA) is 72.2 Å². The Morgan fingerprint density at radius 3 is 3.11 bits per heavy atom. The van der Waals surface area contributed by atoms with Crippen molar-refractivity contribution in [2.24, 2.45) is 5.92 Å². The van der Waals surface area contributed by atoms with Crippen LogP contribution < -0.4 is 4.90 Å². The number of halogens is 1. The Hall–Kier alpha value is -1.43. The van der Waals surface area contributed by atoms with E-state index in [1.54, 1.807) is 0 Å². The van der Waals surface area contributed by atoms with Crippen molar-refractivity contribution in [1.29, 1.82) is 0 Å². The van der Waals surface area contributed by atoms with Crippen LogP contribution >= 0.6 is 11.6 Å². The van der Waals surface area contributed by atoms with E-state index in [0.717, 1.165) is 25.9 Å². The zero-order valence-electron chi connectivity index (χ0n) is 10.2. The average molecular weight is 271 g/mol. The summed E-state index contributed by atoms with van der Waals surface area (Å²) < 4.78 is 0. The number of nitrogens with zero attached hydrogens (tertiary/aromatic N) is 4. The Balaban J connectivity index is 2.31. The predicted molar refractivity (Wildman–Crippen MR) is 68.9 cm³/mol. The van der Waals surface area contributed by atoms with Crippen LogP contribution in [0.1, 0.15) is 26.2 Å². The van der Waals surface area contributed by atoms with E-state index in [0.29, 0.717) is 11.7 Å². The van der Waals surface area contributed by atoms with Crippen molar-refractivity contribution in [2.45, 2.75) is 26.2 Å². The highest BCUT2D eigenvalue weighted by atomic mass is 35.5. The monoisotopic (exact) mass is 270 g/mol. The summed E-state index contributed by atoms with van der Waals surface area (Å²) in [7, 11) is 0. The first-order valence-electron chi connectivity index (χ1n) is 6.03. The lowest BCUT2D eigenvalue weighted by atomic mass is 9.96. The van der Waals surface area contributed by atoms with Gasteiger partial charge in [0, 0.05) is 13.1 Å². The van der Waals surface area contributed by atoms with Crippen LogP contribution in [0.25, 0.3) is 0 Å². The molecule has 0 radical (unpaired) electrons. The van der Waals surface area contributed by atoms with Crippen molar-refractivity contribution in [3.63, 3.8) is 0 Å². The summed E-state index contributed by atoms with van der Waals surface area (Å²) >= 11 is 5.74. The maximum atomic E-state index is 11.0. The molecule has 2 heterocycles. The highest BCUT2D eigenvalue weighted by Gasteiger charge is 2.26. The molecule has 1 aliphatic rings. The molecular formula is C11H15ClN4O2. The summed E-state index contributed by atoms with van der Waals surface area (Å²) in [4.78, 5) is 20.2. The van der Waals surface area contributed by atoms with Crippen LogP contribution in [0.2, 0.25) is 5.28 Å². The second-order valence-electron chi connectivity index (χ2n) is 4.47. The van der Waals surface area contributed by atoms with Gasteiger partial charge < -0.3 is 4.90 Å². The molecule has 2 rings (SSSR count). The second-order valence-corrected chi connectivity index (χ2v) is 4.81. The molecule has 1 saturated heterocycles. The number of aromatic nitrogens is 2. The van der Waals surface area contributed by atoms with E-state index < -0.39 is 4.92 Å². The van der Waals surface area contributed by atoms with Crippen molar-refractivity contribution < 1.29 is 4.92 Å². The van der Waals surface area contributed by atoms with E-state index >= 15 is 0 Å². The minimum absolute atomic E-state index is 0.0502. The zero-order valence-corrected chi connectivity index (χ0v) is 10.9. The van der Waals surface area contributed by atoms with Crippen molar-refractivity contribution in [2.75, 3.05) is 18.0 Å². The highest BCUT2D eigenvalue weighted by Crippen LogP contribution is 2.30. The van der Waals surface area contributed by atoms with Crippen LogP contribution in [0.4, 0.5) is 11.5 Å². The average Bonchev–Trinajstić information content (AvgIpc) is 2.38. The van der Waals surface area contributed by atoms with Crippen LogP contribution in [0.15, 0.2) is 6.20 Å². The van der Waals surface area contributed by atoms with Crippen molar-refractivity contribution in [3.8, 4) is 0 Å². The number of hydrogen-bond acceptors (Lipinski definition) is 5. The van der Waals surface area contributed by atoms with Gasteiger partial charge in [-0.15, -0.1) is 0 Å². The van der Waals surface area contributed by atoms with E-state index in [9.17, 15) is 10.1 Å². The Bertz CT molecular complexity index is 455. The molecule has 0 amide bonds. The smallest absolute Gasteiger partial charge is 0.329 e. The van der Waals surface area contributed by atoms with Gasteiger partial charge in [-0.2, -0.15) is 4.98 Å². The first-order chi connectivity index (χ1) is 8.61. The van der Waals surface area contributed by atoms with Gasteiger partial charge in [0.15, 0.2) is 0 Å². The zero-order chi connectivity index (χ0) is 13.1. The molecule has 1 fully saturated rings. The van der Waals surface area contributed by atoms with Gasteiger partial charge in [0.1, 0.15) is 6.20 Å². The number of rotatable bonds is 3. The SMILES string of the molecule is CCC1CCCN(c2nc(Cl)ncc2[N+](=O)[O-])C1. The van der Waals surface area contributed by atoms with E-state index in [-0.39, 0.29) is 11.0 Å². The van der Waals surface area contributed by atoms with Gasteiger partial charge in [0.05, 0.1) is 4.92 Å². The Morgan fingerprint density at radius 1 is 1.67 bits per heavy atom. The van der Waals surface area contributed by atoms with Gasteiger partial charge in [0.2, 0.25) is 11.1 Å². The maximum Gasteiger partial charge on any atom is 0.329 e. The summed E-state index contributed by atoms with van der Waals surface area (Å²) in [6.45, 7) is 3.71. The number of piperidine rings is 1. The molecule has 0 saturated carbocycles. The highest BCUT2D eigenvalue weighted by molar-refractivity contribution is 6.28. The third-order valence-electron chi connectivity index (χ3n) is 3.31. The van der Waals surface area contributed by atoms with Crippen molar-refractivity contribution in [3.05, 3.63) is 21.6 Å². The predicted octanol–water partition coefficient (Wildman–Crippen LogP) is 2.66. The van der Waals surface area contributed by atoms with E-state index in [2.05, 4.69) is 16.9 Å². The molecule has 1 aliphatic heterocycles. The largest absolute Gasteiger partial charge is 0.350 e. The fourth-order valence-corrected chi connectivity index (χ4v) is 2.43. The molecular weight excluding hydrogens is 256 g/mol. The minimum Gasteiger partial charge on any atom is -0.350 e. The maximum absolute atomic E-state index is 11.0. The lowest BCUT2D eigenvalue weighted by molar-refractivity contribution is -0.384. The molecule has 0 aromatic carbocycles. The number of hydrogen-bond donors (Lipinski definition) is 0. The summed E-state index contributed by atoms with van der Waals surface area (Å²) in [5.41, 5.74) is -0.0730. The quantitative estimate of drug-likeness (QED) is 0.480. The second kappa shape index (κ2) is 5.48. The summed E-state index contributed by atoms with van der Waals surface area (Å²) in [5, 5.41) is 11.0. The molecule has 0 bridgehead atoms. The number of anilines is 1. The molecule has 1 aromatic heterocycles. The standard InChI is InChI=1S/C11H15ClN4O2/c1-2-8-4-3-5-15(7-8)10-9(16(17)18)6-13-11(12)14-10/h6,8H,2-5,7H2,1H3. The van der Waals surface area contributed by atoms with Crippen molar-refractivity contribution in [1.82, 2.24) is 9.97 Å². The van der Waals surface area contributed by atoms with Crippen LogP contribution in [-0.4, -0.2) is 28.0 Å². The molecule has 0 aliphatic carbocycles. The first-order valence-corrected chi connectivity index (χ1v) is 6.41. The fraction of sp³-hybridized carbons (Fsp3) is 0.636. The molecule has 6 nitrogen and oxygen atoms in total. The lowest BCUT2D eigenvalue weighted by Gasteiger charge is -2.32. The molecule has 0 spiro atoms. The molecule has 98 valence electrons. The lowest BCUT2D eigenvalue weighted by Crippen LogP contribution is -2.36. The summed E-state index contributed by atoms with van der Waals surface area (Å²) in [6.07, 6.45) is 4.44. The van der Waals surface area contributed by atoms with Crippen LogP contribution in [-0.2, 0) is 0 Å². The van der Waals surface area contributed by atoms with Gasteiger partial charge in [-0.1, -0.05) is 13.3 Å². The summed E-state index contributed by atoms with van der Waals surface area (Å²) in [6, 6.07) is 0. The molecule has 1 atom stereocenters. The molecule has 7 heteroatoms. The molecule has 0 N–H and O–H groups in total. The molecule has 1 unspecified atom stereocenters. The van der Waals surface area contributed by atoms with Gasteiger partial charge in [-0.25, -0.2) is 4.98 Å². The van der Waals surface area contributed by atoms with E-state index in [1.165, 1.54) is 12.6 Å². The van der Waals surface area contributed by atoms with Crippen LogP contribution in [0, 0.1) is 16.0 Å². The van der Waals surface area contributed by atoms with Crippen LogP contribution in [0.3, 0.4) is 0 Å². The third kappa shape index (κ3) is 2.69.